The molecule has 0 atom stereocenters. The van der Waals surface area contributed by atoms with Crippen LogP contribution in [0.5, 0.6) is 11.5 Å². The van der Waals surface area contributed by atoms with Gasteiger partial charge in [0.25, 0.3) is 5.91 Å². The molecule has 1 aliphatic heterocycles. The topological polar surface area (TPSA) is 73.9 Å². The molecule has 0 unspecified atom stereocenters. The van der Waals surface area contributed by atoms with Gasteiger partial charge in [-0.25, -0.2) is 0 Å². The summed E-state index contributed by atoms with van der Waals surface area (Å²) in [5, 5.41) is 2.74. The van der Waals surface area contributed by atoms with E-state index in [4.69, 9.17) is 14.2 Å². The predicted octanol–water partition coefficient (Wildman–Crippen LogP) is 2.31. The number of rotatable bonds is 6. The van der Waals surface area contributed by atoms with E-state index in [1.165, 1.54) is 0 Å². The number of carbonyl (C=O) groups is 2. The lowest BCUT2D eigenvalue weighted by Gasteiger charge is -2.14. The molecule has 1 amide bonds. The standard InChI is InChI=1S/C20H19NO5/c22-18(21-11-14-6-7-16-17(10-14)26-13-25-16)12-24-19(23)20(8-9-20)15-4-2-1-3-5-15/h1-7,10H,8-9,11-13H2,(H,21,22). The first-order valence-corrected chi connectivity index (χ1v) is 8.55. The highest BCUT2D eigenvalue weighted by Crippen LogP contribution is 2.49. The summed E-state index contributed by atoms with van der Waals surface area (Å²) < 4.78 is 15.8. The molecule has 4 rings (SSSR count). The molecule has 1 heterocycles. The molecule has 26 heavy (non-hydrogen) atoms. The minimum Gasteiger partial charge on any atom is -0.455 e. The fourth-order valence-electron chi connectivity index (χ4n) is 3.06. The summed E-state index contributed by atoms with van der Waals surface area (Å²) in [6.07, 6.45) is 1.52. The van der Waals surface area contributed by atoms with E-state index in [1.54, 1.807) is 6.07 Å². The van der Waals surface area contributed by atoms with E-state index in [-0.39, 0.29) is 25.3 Å². The number of ether oxygens (including phenoxy) is 3. The summed E-state index contributed by atoms with van der Waals surface area (Å²) in [5.74, 6) is 0.702. The van der Waals surface area contributed by atoms with Crippen LogP contribution in [0.1, 0.15) is 24.0 Å². The van der Waals surface area contributed by atoms with Gasteiger partial charge in [-0.05, 0) is 36.1 Å². The molecule has 0 spiro atoms. The molecule has 2 aromatic rings. The third kappa shape index (κ3) is 3.22. The predicted molar refractivity (Wildman–Crippen MR) is 92.7 cm³/mol. The van der Waals surface area contributed by atoms with Crippen molar-refractivity contribution in [1.29, 1.82) is 0 Å². The molecule has 6 heteroatoms. The van der Waals surface area contributed by atoms with Gasteiger partial charge >= 0.3 is 5.97 Å². The van der Waals surface area contributed by atoms with Crippen molar-refractivity contribution < 1.29 is 23.8 Å². The third-order valence-corrected chi connectivity index (χ3v) is 4.73. The van der Waals surface area contributed by atoms with E-state index >= 15 is 0 Å². The Balaban J connectivity index is 1.27. The summed E-state index contributed by atoms with van der Waals surface area (Å²) in [4.78, 5) is 24.4. The quantitative estimate of drug-likeness (QED) is 0.807. The first-order chi connectivity index (χ1) is 12.7. The lowest BCUT2D eigenvalue weighted by Crippen LogP contribution is -2.31. The molecular formula is C20H19NO5. The summed E-state index contributed by atoms with van der Waals surface area (Å²) in [7, 11) is 0. The van der Waals surface area contributed by atoms with Crippen LogP contribution in [0.15, 0.2) is 48.5 Å². The van der Waals surface area contributed by atoms with Gasteiger partial charge in [-0.15, -0.1) is 0 Å². The third-order valence-electron chi connectivity index (χ3n) is 4.73. The van der Waals surface area contributed by atoms with Crippen LogP contribution in [0.4, 0.5) is 0 Å². The molecule has 1 aliphatic carbocycles. The molecule has 0 bridgehead atoms. The van der Waals surface area contributed by atoms with Crippen LogP contribution < -0.4 is 14.8 Å². The molecule has 1 N–H and O–H groups in total. The van der Waals surface area contributed by atoms with Gasteiger partial charge in [0.1, 0.15) is 0 Å². The number of nitrogens with one attached hydrogen (secondary N) is 1. The van der Waals surface area contributed by atoms with Crippen molar-refractivity contribution in [2.24, 2.45) is 0 Å². The van der Waals surface area contributed by atoms with E-state index in [0.29, 0.717) is 18.0 Å². The van der Waals surface area contributed by atoms with E-state index in [1.807, 2.05) is 42.5 Å². The number of amides is 1. The van der Waals surface area contributed by atoms with Crippen LogP contribution >= 0.6 is 0 Å². The maximum atomic E-state index is 12.4. The SMILES string of the molecule is O=C(COC(=O)C1(c2ccccc2)CC1)NCc1ccc2c(c1)OCO2. The van der Waals surface area contributed by atoms with E-state index < -0.39 is 5.41 Å². The molecule has 0 aromatic heterocycles. The molecule has 2 aromatic carbocycles. The van der Waals surface area contributed by atoms with Crippen molar-refractivity contribution >= 4 is 11.9 Å². The van der Waals surface area contributed by atoms with Crippen molar-refractivity contribution in [3.8, 4) is 11.5 Å². The number of benzene rings is 2. The Hall–Kier alpha value is -3.02. The number of carbonyl (C=O) groups excluding carboxylic acids is 2. The summed E-state index contributed by atoms with van der Waals surface area (Å²) in [6.45, 7) is 0.263. The van der Waals surface area contributed by atoms with Crippen LogP contribution in [0.2, 0.25) is 0 Å². The fourth-order valence-corrected chi connectivity index (χ4v) is 3.06. The fraction of sp³-hybridized carbons (Fsp3) is 0.300. The van der Waals surface area contributed by atoms with Gasteiger partial charge in [0, 0.05) is 6.54 Å². The normalized spacial score (nSPS) is 16.0. The minimum absolute atomic E-state index is 0.213. The van der Waals surface area contributed by atoms with E-state index in [0.717, 1.165) is 24.0 Å². The lowest BCUT2D eigenvalue weighted by atomic mass is 9.96. The monoisotopic (exact) mass is 353 g/mol. The second-order valence-corrected chi connectivity index (χ2v) is 6.49. The molecule has 6 nitrogen and oxygen atoms in total. The Bertz CT molecular complexity index is 829. The summed E-state index contributed by atoms with van der Waals surface area (Å²) >= 11 is 0. The van der Waals surface area contributed by atoms with Gasteiger partial charge in [0.05, 0.1) is 5.41 Å². The van der Waals surface area contributed by atoms with Crippen LogP contribution in [0, 0.1) is 0 Å². The Labute approximate surface area is 151 Å². The maximum Gasteiger partial charge on any atom is 0.317 e. The number of hydrogen-bond donors (Lipinski definition) is 1. The van der Waals surface area contributed by atoms with Gasteiger partial charge in [-0.3, -0.25) is 9.59 Å². The molecule has 0 saturated heterocycles. The Morgan fingerprint density at radius 3 is 2.58 bits per heavy atom. The van der Waals surface area contributed by atoms with Crippen LogP contribution in [-0.2, 0) is 26.3 Å². The summed E-state index contributed by atoms with van der Waals surface area (Å²) in [6, 6.07) is 15.1. The largest absolute Gasteiger partial charge is 0.455 e. The van der Waals surface area contributed by atoms with Gasteiger partial charge in [0.15, 0.2) is 18.1 Å². The molecule has 1 saturated carbocycles. The molecular weight excluding hydrogens is 334 g/mol. The van der Waals surface area contributed by atoms with Gasteiger partial charge in [-0.2, -0.15) is 0 Å². The smallest absolute Gasteiger partial charge is 0.317 e. The Morgan fingerprint density at radius 1 is 1.04 bits per heavy atom. The Kier molecular flexibility index (Phi) is 4.24. The zero-order valence-electron chi connectivity index (χ0n) is 14.2. The first-order valence-electron chi connectivity index (χ1n) is 8.55. The number of hydrogen-bond acceptors (Lipinski definition) is 5. The molecule has 134 valence electrons. The number of fused-ring (bicyclic) bond motifs is 1. The lowest BCUT2D eigenvalue weighted by molar-refractivity contribution is -0.151. The maximum absolute atomic E-state index is 12.4. The molecule has 1 fully saturated rings. The van der Waals surface area contributed by atoms with E-state index in [9.17, 15) is 9.59 Å². The van der Waals surface area contributed by atoms with Crippen LogP contribution in [-0.4, -0.2) is 25.3 Å². The highest BCUT2D eigenvalue weighted by Gasteiger charge is 2.52. The average molecular weight is 353 g/mol. The van der Waals surface area contributed by atoms with Crippen molar-refractivity contribution in [1.82, 2.24) is 5.32 Å². The average Bonchev–Trinajstić information content (AvgIpc) is 3.36. The zero-order chi connectivity index (χ0) is 18.0. The van der Waals surface area contributed by atoms with E-state index in [2.05, 4.69) is 5.32 Å². The summed E-state index contributed by atoms with van der Waals surface area (Å²) in [5.41, 5.74) is 1.27. The highest BCUT2D eigenvalue weighted by molar-refractivity contribution is 5.88. The van der Waals surface area contributed by atoms with Crippen molar-refractivity contribution in [3.63, 3.8) is 0 Å². The molecule has 2 aliphatic rings. The van der Waals surface area contributed by atoms with Gasteiger partial charge < -0.3 is 19.5 Å². The van der Waals surface area contributed by atoms with Crippen LogP contribution in [0.25, 0.3) is 0 Å². The second kappa shape index (κ2) is 6.71. The first kappa shape index (κ1) is 16.4. The van der Waals surface area contributed by atoms with Crippen molar-refractivity contribution in [3.05, 3.63) is 59.7 Å². The minimum atomic E-state index is -0.571. The van der Waals surface area contributed by atoms with Crippen LogP contribution in [0.3, 0.4) is 0 Å². The molecule has 0 radical (unpaired) electrons. The van der Waals surface area contributed by atoms with Crippen molar-refractivity contribution in [2.75, 3.05) is 13.4 Å². The highest BCUT2D eigenvalue weighted by atomic mass is 16.7. The van der Waals surface area contributed by atoms with Crippen molar-refractivity contribution in [2.45, 2.75) is 24.8 Å². The van der Waals surface area contributed by atoms with Gasteiger partial charge in [0.2, 0.25) is 6.79 Å². The zero-order valence-corrected chi connectivity index (χ0v) is 14.2. The number of esters is 1. The second-order valence-electron chi connectivity index (χ2n) is 6.49. The Morgan fingerprint density at radius 2 is 1.81 bits per heavy atom. The van der Waals surface area contributed by atoms with Gasteiger partial charge in [-0.1, -0.05) is 36.4 Å².